The van der Waals surface area contributed by atoms with Gasteiger partial charge in [0.2, 0.25) is 5.91 Å². The largest absolute Gasteiger partial charge is 0.353 e. The molecule has 1 saturated heterocycles. The molecule has 0 spiro atoms. The summed E-state index contributed by atoms with van der Waals surface area (Å²) in [6.45, 7) is 7.54. The van der Waals surface area contributed by atoms with E-state index in [4.69, 9.17) is 0 Å². The Morgan fingerprint density at radius 1 is 1.14 bits per heavy atom. The minimum Gasteiger partial charge on any atom is -0.353 e. The maximum Gasteiger partial charge on any atom is 0.256 e. The molecule has 1 unspecified atom stereocenters. The molecule has 28 heavy (non-hydrogen) atoms. The second-order valence-corrected chi connectivity index (χ2v) is 9.78. The van der Waals surface area contributed by atoms with Crippen molar-refractivity contribution < 1.29 is 9.59 Å². The van der Waals surface area contributed by atoms with E-state index >= 15 is 0 Å². The van der Waals surface area contributed by atoms with Crippen molar-refractivity contribution in [3.8, 4) is 0 Å². The summed E-state index contributed by atoms with van der Waals surface area (Å²) in [4.78, 5) is 32.0. The molecule has 2 amide bonds. The topological polar surface area (TPSA) is 62.3 Å². The van der Waals surface area contributed by atoms with Crippen LogP contribution in [0.15, 0.2) is 23.4 Å². The fraction of sp³-hybridized carbons (Fsp3) is 0.682. The van der Waals surface area contributed by atoms with Gasteiger partial charge in [-0.25, -0.2) is 4.98 Å². The molecule has 1 aromatic rings. The first-order valence-corrected chi connectivity index (χ1v) is 11.5. The van der Waals surface area contributed by atoms with Gasteiger partial charge in [-0.05, 0) is 50.7 Å². The van der Waals surface area contributed by atoms with Gasteiger partial charge in [0.05, 0.1) is 5.56 Å². The third-order valence-corrected chi connectivity index (χ3v) is 7.46. The Morgan fingerprint density at radius 2 is 1.82 bits per heavy atom. The number of likely N-dealkylation sites (tertiary alicyclic amines) is 1. The number of rotatable bonds is 6. The van der Waals surface area contributed by atoms with Crippen molar-refractivity contribution in [2.45, 2.75) is 75.6 Å². The van der Waals surface area contributed by atoms with Crippen molar-refractivity contribution in [3.05, 3.63) is 23.9 Å². The van der Waals surface area contributed by atoms with Crippen LogP contribution < -0.4 is 5.32 Å². The molecule has 0 bridgehead atoms. The summed E-state index contributed by atoms with van der Waals surface area (Å²) >= 11 is 1.76. The van der Waals surface area contributed by atoms with Gasteiger partial charge in [-0.1, -0.05) is 26.7 Å². The first-order valence-electron chi connectivity index (χ1n) is 10.7. The first kappa shape index (κ1) is 21.2. The molecule has 2 aliphatic rings. The lowest BCUT2D eigenvalue weighted by molar-refractivity contribution is -0.127. The Hall–Kier alpha value is -1.56. The van der Waals surface area contributed by atoms with Crippen LogP contribution in [-0.2, 0) is 4.79 Å². The summed E-state index contributed by atoms with van der Waals surface area (Å²) in [5.74, 6) is 0.619. The number of pyridine rings is 1. The molecule has 1 atom stereocenters. The number of hydrogen-bond donors (Lipinski definition) is 1. The molecule has 1 saturated carbocycles. The van der Waals surface area contributed by atoms with Gasteiger partial charge in [0, 0.05) is 36.5 Å². The number of nitrogens with one attached hydrogen (secondary N) is 1. The normalized spacial score (nSPS) is 19.8. The first-order chi connectivity index (χ1) is 13.5. The van der Waals surface area contributed by atoms with Crippen LogP contribution in [0, 0.1) is 11.8 Å². The van der Waals surface area contributed by atoms with Crippen molar-refractivity contribution in [2.75, 3.05) is 13.1 Å². The van der Waals surface area contributed by atoms with E-state index < -0.39 is 0 Å². The van der Waals surface area contributed by atoms with E-state index in [9.17, 15) is 9.59 Å². The molecule has 0 radical (unpaired) electrons. The molecule has 154 valence electrons. The number of piperidine rings is 1. The van der Waals surface area contributed by atoms with Crippen LogP contribution >= 0.6 is 11.8 Å². The van der Waals surface area contributed by atoms with Crippen LogP contribution in [0.4, 0.5) is 0 Å². The van der Waals surface area contributed by atoms with Crippen LogP contribution in [0.2, 0.25) is 0 Å². The van der Waals surface area contributed by atoms with Crippen LogP contribution in [0.3, 0.4) is 0 Å². The summed E-state index contributed by atoms with van der Waals surface area (Å²) in [6, 6.07) is 3.92. The van der Waals surface area contributed by atoms with Crippen LogP contribution in [0.1, 0.15) is 69.7 Å². The van der Waals surface area contributed by atoms with Crippen molar-refractivity contribution >= 4 is 23.6 Å². The molecule has 2 fully saturated rings. The SMILES string of the molecule is CC(C)C(C)NC(=O)C1CCN(C(=O)c2cccnc2SC2CCCC2)CC1. The second kappa shape index (κ2) is 9.77. The maximum absolute atomic E-state index is 13.1. The predicted molar refractivity (Wildman–Crippen MR) is 113 cm³/mol. The van der Waals surface area contributed by atoms with Gasteiger partial charge in [-0.15, -0.1) is 11.8 Å². The Balaban J connectivity index is 1.57. The summed E-state index contributed by atoms with van der Waals surface area (Å²) in [5, 5.41) is 4.57. The molecule has 1 N–H and O–H groups in total. The number of carbonyl (C=O) groups is 2. The average Bonchev–Trinajstić information content (AvgIpc) is 3.21. The summed E-state index contributed by atoms with van der Waals surface area (Å²) in [7, 11) is 0. The lowest BCUT2D eigenvalue weighted by atomic mass is 9.94. The van der Waals surface area contributed by atoms with Gasteiger partial charge in [-0.3, -0.25) is 9.59 Å². The molecule has 0 aromatic carbocycles. The predicted octanol–water partition coefficient (Wildman–Crippen LogP) is 4.13. The average molecular weight is 404 g/mol. The van der Waals surface area contributed by atoms with Gasteiger partial charge in [-0.2, -0.15) is 0 Å². The highest BCUT2D eigenvalue weighted by Crippen LogP contribution is 2.35. The fourth-order valence-corrected chi connectivity index (χ4v) is 5.12. The van der Waals surface area contributed by atoms with E-state index in [2.05, 4.69) is 24.1 Å². The Labute approximate surface area is 173 Å². The molecule has 1 aliphatic carbocycles. The minimum atomic E-state index is 0.00600. The van der Waals surface area contributed by atoms with E-state index in [0.29, 0.717) is 24.3 Å². The van der Waals surface area contributed by atoms with E-state index in [1.165, 1.54) is 25.7 Å². The molecule has 6 heteroatoms. The quantitative estimate of drug-likeness (QED) is 0.776. The Morgan fingerprint density at radius 3 is 2.46 bits per heavy atom. The molecular formula is C22H33N3O2S. The molecule has 3 rings (SSSR count). The lowest BCUT2D eigenvalue weighted by Gasteiger charge is -2.32. The molecule has 5 nitrogen and oxygen atoms in total. The van der Waals surface area contributed by atoms with E-state index in [1.54, 1.807) is 18.0 Å². The Bertz CT molecular complexity index is 680. The van der Waals surface area contributed by atoms with E-state index in [1.807, 2.05) is 24.0 Å². The third-order valence-electron chi connectivity index (χ3n) is 6.10. The van der Waals surface area contributed by atoms with Crippen molar-refractivity contribution in [2.24, 2.45) is 11.8 Å². The Kier molecular flexibility index (Phi) is 7.38. The van der Waals surface area contributed by atoms with Crippen LogP contribution in [0.5, 0.6) is 0 Å². The van der Waals surface area contributed by atoms with Crippen molar-refractivity contribution in [1.82, 2.24) is 15.2 Å². The zero-order valence-electron chi connectivity index (χ0n) is 17.3. The highest BCUT2D eigenvalue weighted by atomic mass is 32.2. The molecular weight excluding hydrogens is 370 g/mol. The monoisotopic (exact) mass is 403 g/mol. The van der Waals surface area contributed by atoms with E-state index in [-0.39, 0.29) is 23.8 Å². The van der Waals surface area contributed by atoms with Gasteiger partial charge in [0.15, 0.2) is 0 Å². The van der Waals surface area contributed by atoms with Gasteiger partial charge >= 0.3 is 0 Å². The van der Waals surface area contributed by atoms with E-state index in [0.717, 1.165) is 23.4 Å². The summed E-state index contributed by atoms with van der Waals surface area (Å²) in [5.41, 5.74) is 0.718. The second-order valence-electron chi connectivity index (χ2n) is 8.49. The van der Waals surface area contributed by atoms with Gasteiger partial charge in [0.25, 0.3) is 5.91 Å². The number of carbonyl (C=O) groups excluding carboxylic acids is 2. The highest BCUT2D eigenvalue weighted by Gasteiger charge is 2.30. The maximum atomic E-state index is 13.1. The smallest absolute Gasteiger partial charge is 0.256 e. The zero-order chi connectivity index (χ0) is 20.1. The number of aromatic nitrogens is 1. The molecule has 1 aromatic heterocycles. The van der Waals surface area contributed by atoms with Crippen LogP contribution in [-0.4, -0.2) is 46.1 Å². The number of hydrogen-bond acceptors (Lipinski definition) is 4. The number of nitrogens with zero attached hydrogens (tertiary/aromatic N) is 2. The standard InChI is InChI=1S/C22H33N3O2S/c1-15(2)16(3)24-20(26)17-10-13-25(14-11-17)22(27)19-9-6-12-23-21(19)28-18-7-4-5-8-18/h6,9,12,15-18H,4-5,7-8,10-11,13-14H2,1-3H3,(H,24,26). The minimum absolute atomic E-state index is 0.00600. The highest BCUT2D eigenvalue weighted by molar-refractivity contribution is 7.99. The number of thioether (sulfide) groups is 1. The zero-order valence-corrected chi connectivity index (χ0v) is 18.1. The van der Waals surface area contributed by atoms with Crippen molar-refractivity contribution in [3.63, 3.8) is 0 Å². The lowest BCUT2D eigenvalue weighted by Crippen LogP contribution is -2.45. The van der Waals surface area contributed by atoms with Crippen molar-refractivity contribution in [1.29, 1.82) is 0 Å². The summed E-state index contributed by atoms with van der Waals surface area (Å²) < 4.78 is 0. The molecule has 2 heterocycles. The van der Waals surface area contributed by atoms with Crippen LogP contribution in [0.25, 0.3) is 0 Å². The third kappa shape index (κ3) is 5.28. The summed E-state index contributed by atoms with van der Waals surface area (Å²) in [6.07, 6.45) is 8.22. The fourth-order valence-electron chi connectivity index (χ4n) is 3.84. The molecule has 1 aliphatic heterocycles. The van der Waals surface area contributed by atoms with Gasteiger partial charge in [0.1, 0.15) is 5.03 Å². The van der Waals surface area contributed by atoms with Gasteiger partial charge < -0.3 is 10.2 Å². The number of amides is 2.